The molecule has 7 nitrogen and oxygen atoms in total. The molecule has 1 atom stereocenters. The van der Waals surface area contributed by atoms with Crippen LogP contribution in [0.15, 0.2) is 52.5 Å². The number of carbonyl (C=O) groups is 1. The maximum atomic E-state index is 12.7. The summed E-state index contributed by atoms with van der Waals surface area (Å²) in [5, 5.41) is 13.1. The van der Waals surface area contributed by atoms with Crippen LogP contribution in [0, 0.1) is 0 Å². The van der Waals surface area contributed by atoms with Gasteiger partial charge in [0, 0.05) is 18.3 Å². The number of aromatic nitrogens is 2. The normalized spacial score (nSPS) is 18.3. The number of aliphatic carboxylic acids is 1. The smallest absolute Gasteiger partial charge is 0.328 e. The van der Waals surface area contributed by atoms with Gasteiger partial charge in [-0.25, -0.2) is 9.78 Å². The van der Waals surface area contributed by atoms with Gasteiger partial charge in [0.2, 0.25) is 0 Å². The lowest BCUT2D eigenvalue weighted by atomic mass is 10.0. The average Bonchev–Trinajstić information content (AvgIpc) is 2.61. The predicted octanol–water partition coefficient (Wildman–Crippen LogP) is 2.51. The van der Waals surface area contributed by atoms with E-state index in [4.69, 9.17) is 5.11 Å². The molecular formula is C18H18N4O3. The summed E-state index contributed by atoms with van der Waals surface area (Å²) in [7, 11) is 0. The highest BCUT2D eigenvalue weighted by atomic mass is 16.4. The molecule has 0 saturated carbocycles. The molecule has 0 bridgehead atoms. The Hall–Kier alpha value is -3.22. The van der Waals surface area contributed by atoms with Crippen molar-refractivity contribution in [3.05, 3.63) is 64.3 Å². The van der Waals surface area contributed by atoms with E-state index in [1.165, 1.54) is 12.3 Å². The molecule has 2 aromatic rings. The Morgan fingerprint density at radius 3 is 2.88 bits per heavy atom. The van der Waals surface area contributed by atoms with Crippen LogP contribution in [0.5, 0.6) is 0 Å². The number of hydrazone groups is 1. The molecule has 0 spiro atoms. The van der Waals surface area contributed by atoms with Gasteiger partial charge in [-0.05, 0) is 38.0 Å². The molecule has 1 aromatic heterocycles. The first-order valence-electron chi connectivity index (χ1n) is 7.97. The number of anilines is 1. The molecule has 0 radical (unpaired) electrons. The van der Waals surface area contributed by atoms with Gasteiger partial charge in [-0.2, -0.15) is 5.10 Å². The lowest BCUT2D eigenvalue weighted by Gasteiger charge is -2.25. The lowest BCUT2D eigenvalue weighted by Crippen LogP contribution is -2.35. The minimum Gasteiger partial charge on any atom is -0.478 e. The van der Waals surface area contributed by atoms with E-state index in [1.807, 2.05) is 37.3 Å². The topological polar surface area (TPSA) is 96.6 Å². The van der Waals surface area contributed by atoms with Crippen molar-refractivity contribution in [2.45, 2.75) is 25.8 Å². The van der Waals surface area contributed by atoms with Crippen molar-refractivity contribution in [3.63, 3.8) is 0 Å². The second-order valence-corrected chi connectivity index (χ2v) is 5.81. The summed E-state index contributed by atoms with van der Waals surface area (Å²) < 4.78 is 1.58. The van der Waals surface area contributed by atoms with E-state index in [1.54, 1.807) is 4.57 Å². The van der Waals surface area contributed by atoms with Crippen LogP contribution in [0.1, 0.15) is 37.2 Å². The van der Waals surface area contributed by atoms with Gasteiger partial charge in [-0.1, -0.05) is 18.2 Å². The first-order valence-corrected chi connectivity index (χ1v) is 7.97. The van der Waals surface area contributed by atoms with Gasteiger partial charge in [0.25, 0.3) is 5.56 Å². The lowest BCUT2D eigenvalue weighted by molar-refractivity contribution is -0.131. The number of carboxylic acids is 1. The van der Waals surface area contributed by atoms with Crippen molar-refractivity contribution in [3.8, 4) is 0 Å². The first kappa shape index (κ1) is 16.6. The first-order chi connectivity index (χ1) is 12.1. The number of carboxylic acid groups (broad SMARTS) is 1. The molecule has 25 heavy (non-hydrogen) atoms. The largest absolute Gasteiger partial charge is 0.478 e. The van der Waals surface area contributed by atoms with E-state index in [2.05, 4.69) is 15.5 Å². The molecule has 0 amide bonds. The van der Waals surface area contributed by atoms with Crippen LogP contribution in [0.3, 0.4) is 0 Å². The van der Waals surface area contributed by atoms with Crippen LogP contribution < -0.4 is 11.0 Å². The third-order valence-electron chi connectivity index (χ3n) is 4.02. The molecule has 0 fully saturated rings. The summed E-state index contributed by atoms with van der Waals surface area (Å²) >= 11 is 0. The van der Waals surface area contributed by atoms with Gasteiger partial charge in [-0.3, -0.25) is 14.8 Å². The molecule has 7 heteroatoms. The summed E-state index contributed by atoms with van der Waals surface area (Å²) in [5.41, 5.74) is 4.52. The third-order valence-corrected chi connectivity index (χ3v) is 4.02. The highest BCUT2D eigenvalue weighted by molar-refractivity contribution is 5.98. The summed E-state index contributed by atoms with van der Waals surface area (Å²) in [6.07, 6.45) is 5.06. The fraction of sp³-hybridized carbons (Fsp3) is 0.222. The Morgan fingerprint density at radius 1 is 1.40 bits per heavy atom. The molecule has 0 aliphatic carbocycles. The molecule has 128 valence electrons. The number of rotatable bonds is 4. The molecule has 0 unspecified atom stereocenters. The number of fused-ring (bicyclic) bond motifs is 1. The zero-order valence-corrected chi connectivity index (χ0v) is 13.7. The van der Waals surface area contributed by atoms with Crippen LogP contribution in [-0.4, -0.2) is 26.3 Å². The number of nitrogens with zero attached hydrogens (tertiary/aromatic N) is 3. The minimum absolute atomic E-state index is 0.0242. The molecule has 2 heterocycles. The highest BCUT2D eigenvalue weighted by Crippen LogP contribution is 2.22. The van der Waals surface area contributed by atoms with Crippen LogP contribution in [0.25, 0.3) is 6.08 Å². The Balaban J connectivity index is 1.98. The number of nitrogens with one attached hydrogen (secondary N) is 1. The van der Waals surface area contributed by atoms with E-state index in [9.17, 15) is 9.59 Å². The number of benzene rings is 1. The van der Waals surface area contributed by atoms with E-state index in [0.29, 0.717) is 18.0 Å². The van der Waals surface area contributed by atoms with Crippen LogP contribution in [0.4, 0.5) is 5.69 Å². The van der Waals surface area contributed by atoms with Crippen LogP contribution >= 0.6 is 0 Å². The molecule has 1 aliphatic heterocycles. The van der Waals surface area contributed by atoms with Crippen molar-refractivity contribution < 1.29 is 9.90 Å². The molecule has 2 N–H and O–H groups in total. The Morgan fingerprint density at radius 2 is 2.16 bits per heavy atom. The van der Waals surface area contributed by atoms with Crippen molar-refractivity contribution in [2.24, 2.45) is 5.10 Å². The summed E-state index contributed by atoms with van der Waals surface area (Å²) in [6.45, 7) is 1.94. The van der Waals surface area contributed by atoms with Crippen LogP contribution in [0.2, 0.25) is 0 Å². The predicted molar refractivity (Wildman–Crippen MR) is 95.7 cm³/mol. The quantitative estimate of drug-likeness (QED) is 0.659. The SMILES string of the molecule is C[C@H]1CC/C(=N\Nc2ccccc2)c2ncc(/C=C/C(=O)O)c(=O)n21. The standard InChI is InChI=1S/C18H18N4O3/c1-12-7-9-15(21-20-14-5-3-2-4-6-14)17-19-11-13(8-10-16(23)24)18(25)22(12)17/h2-6,8,10-12,20H,7,9H2,1H3,(H,23,24)/b10-8+,21-15+/t12-/m0/s1. The maximum absolute atomic E-state index is 12.7. The van der Waals surface area contributed by atoms with Gasteiger partial charge in [0.05, 0.1) is 11.3 Å². The van der Waals surface area contributed by atoms with Gasteiger partial charge in [0.15, 0.2) is 5.82 Å². The minimum atomic E-state index is -1.11. The number of hydrogen-bond acceptors (Lipinski definition) is 5. The van der Waals surface area contributed by atoms with E-state index in [-0.39, 0.29) is 17.2 Å². The second-order valence-electron chi connectivity index (χ2n) is 5.81. The molecule has 0 saturated heterocycles. The van der Waals surface area contributed by atoms with Crippen molar-refractivity contribution in [2.75, 3.05) is 5.43 Å². The third kappa shape index (κ3) is 3.65. The second kappa shape index (κ2) is 7.12. The van der Waals surface area contributed by atoms with Crippen molar-refractivity contribution in [1.29, 1.82) is 0 Å². The Bertz CT molecular complexity index is 900. The zero-order chi connectivity index (χ0) is 17.8. The fourth-order valence-electron chi connectivity index (χ4n) is 2.72. The Labute approximate surface area is 144 Å². The van der Waals surface area contributed by atoms with Crippen molar-refractivity contribution in [1.82, 2.24) is 9.55 Å². The maximum Gasteiger partial charge on any atom is 0.328 e. The fourth-order valence-corrected chi connectivity index (χ4v) is 2.72. The van der Waals surface area contributed by atoms with Gasteiger partial charge in [0.1, 0.15) is 5.71 Å². The monoisotopic (exact) mass is 338 g/mol. The summed E-state index contributed by atoms with van der Waals surface area (Å²) in [6, 6.07) is 9.50. The molecule has 3 rings (SSSR count). The van der Waals surface area contributed by atoms with Gasteiger partial charge in [-0.15, -0.1) is 0 Å². The molecule has 1 aliphatic rings. The Kier molecular flexibility index (Phi) is 4.74. The van der Waals surface area contributed by atoms with Gasteiger partial charge < -0.3 is 5.11 Å². The van der Waals surface area contributed by atoms with E-state index >= 15 is 0 Å². The average molecular weight is 338 g/mol. The summed E-state index contributed by atoms with van der Waals surface area (Å²) in [5.74, 6) is -0.593. The van der Waals surface area contributed by atoms with E-state index in [0.717, 1.165) is 18.2 Å². The van der Waals surface area contributed by atoms with E-state index < -0.39 is 5.97 Å². The number of hydrogen-bond donors (Lipinski definition) is 2. The van der Waals surface area contributed by atoms with Crippen molar-refractivity contribution >= 4 is 23.4 Å². The highest BCUT2D eigenvalue weighted by Gasteiger charge is 2.24. The molecule has 1 aromatic carbocycles. The zero-order valence-electron chi connectivity index (χ0n) is 13.7. The van der Waals surface area contributed by atoms with Gasteiger partial charge >= 0.3 is 5.97 Å². The van der Waals surface area contributed by atoms with Crippen LogP contribution in [-0.2, 0) is 4.79 Å². The number of para-hydroxylation sites is 1. The summed E-state index contributed by atoms with van der Waals surface area (Å²) in [4.78, 5) is 27.7. The molecular weight excluding hydrogens is 320 g/mol.